The molecule has 0 unspecified atom stereocenters. The summed E-state index contributed by atoms with van der Waals surface area (Å²) in [6.45, 7) is 2.89. The first kappa shape index (κ1) is 18.3. The summed E-state index contributed by atoms with van der Waals surface area (Å²) in [6.07, 6.45) is 5.30. The number of rotatable bonds is 6. The summed E-state index contributed by atoms with van der Waals surface area (Å²) in [5.74, 6) is -0.320. The molecule has 3 aromatic heterocycles. The van der Waals surface area contributed by atoms with Crippen LogP contribution in [0.25, 0.3) is 33.4 Å². The molecule has 3 heterocycles. The summed E-state index contributed by atoms with van der Waals surface area (Å²) in [6, 6.07) is 5.30. The predicted octanol–water partition coefficient (Wildman–Crippen LogP) is 2.55. The van der Waals surface area contributed by atoms with Gasteiger partial charge < -0.3 is 10.4 Å². The second-order valence-corrected chi connectivity index (χ2v) is 6.76. The van der Waals surface area contributed by atoms with Crippen LogP contribution in [0.3, 0.4) is 0 Å². The molecule has 0 bridgehead atoms. The zero-order valence-corrected chi connectivity index (χ0v) is 15.7. The molecule has 4 aromatic rings. The fourth-order valence-electron chi connectivity index (χ4n) is 3.37. The zero-order valence-electron chi connectivity index (χ0n) is 15.7. The van der Waals surface area contributed by atoms with Gasteiger partial charge in [-0.25, -0.2) is 4.39 Å². The lowest BCUT2D eigenvalue weighted by atomic mass is 10.00. The molecular weight excluding hydrogens is 359 g/mol. The van der Waals surface area contributed by atoms with Gasteiger partial charge in [-0.15, -0.1) is 0 Å². The van der Waals surface area contributed by atoms with Crippen molar-refractivity contribution in [2.75, 3.05) is 13.2 Å². The summed E-state index contributed by atoms with van der Waals surface area (Å²) in [4.78, 5) is 4.44. The maximum atomic E-state index is 14.9. The Morgan fingerprint density at radius 1 is 1.25 bits per heavy atom. The second-order valence-electron chi connectivity index (χ2n) is 6.76. The maximum absolute atomic E-state index is 14.9. The molecule has 0 saturated carbocycles. The van der Waals surface area contributed by atoms with Crippen molar-refractivity contribution in [2.45, 2.75) is 13.5 Å². The van der Waals surface area contributed by atoms with Gasteiger partial charge in [0.25, 0.3) is 0 Å². The van der Waals surface area contributed by atoms with Crippen LogP contribution < -0.4 is 5.32 Å². The fraction of sp³-hybridized carbons (Fsp3) is 0.250. The summed E-state index contributed by atoms with van der Waals surface area (Å²) < 4.78 is 16.6. The van der Waals surface area contributed by atoms with Gasteiger partial charge >= 0.3 is 0 Å². The number of aliphatic hydroxyl groups is 1. The van der Waals surface area contributed by atoms with Crippen molar-refractivity contribution >= 4 is 10.9 Å². The van der Waals surface area contributed by atoms with E-state index >= 15 is 0 Å². The molecular formula is C20H21FN6O. The number of pyridine rings is 1. The van der Waals surface area contributed by atoms with Gasteiger partial charge in [-0.2, -0.15) is 10.2 Å². The van der Waals surface area contributed by atoms with Crippen molar-refractivity contribution in [2.24, 2.45) is 7.05 Å². The lowest BCUT2D eigenvalue weighted by Crippen LogP contribution is -2.17. The highest BCUT2D eigenvalue weighted by Gasteiger charge is 2.16. The Bertz CT molecular complexity index is 1110. The predicted molar refractivity (Wildman–Crippen MR) is 105 cm³/mol. The number of benzene rings is 1. The summed E-state index contributed by atoms with van der Waals surface area (Å²) in [5, 5.41) is 24.3. The summed E-state index contributed by atoms with van der Waals surface area (Å²) in [5.41, 5.74) is 5.09. The summed E-state index contributed by atoms with van der Waals surface area (Å²) >= 11 is 0. The summed E-state index contributed by atoms with van der Waals surface area (Å²) in [7, 11) is 1.85. The Labute approximate surface area is 161 Å². The third kappa shape index (κ3) is 3.39. The average Bonchev–Trinajstić information content (AvgIpc) is 3.27. The van der Waals surface area contributed by atoms with E-state index in [4.69, 9.17) is 5.11 Å². The van der Waals surface area contributed by atoms with Crippen LogP contribution in [-0.2, 0) is 13.6 Å². The number of halogens is 1. The van der Waals surface area contributed by atoms with E-state index in [1.54, 1.807) is 17.1 Å². The van der Waals surface area contributed by atoms with Gasteiger partial charge in [0, 0.05) is 42.8 Å². The average molecular weight is 380 g/mol. The number of aryl methyl sites for hydroxylation is 2. The number of H-pyrrole nitrogens is 1. The molecule has 1 aromatic carbocycles. The number of nitrogens with zero attached hydrogens (tertiary/aromatic N) is 4. The molecule has 0 aliphatic heterocycles. The van der Waals surface area contributed by atoms with Crippen molar-refractivity contribution in [3.05, 3.63) is 53.7 Å². The van der Waals surface area contributed by atoms with Crippen LogP contribution in [-0.4, -0.2) is 43.2 Å². The van der Waals surface area contributed by atoms with Crippen LogP contribution >= 0.6 is 0 Å². The van der Waals surface area contributed by atoms with E-state index in [1.165, 1.54) is 6.07 Å². The number of nitrogens with one attached hydrogen (secondary N) is 2. The largest absolute Gasteiger partial charge is 0.395 e. The molecule has 8 heteroatoms. The standard InChI is InChI=1S/C20H21FN6O/c1-12-5-13(8-22-3-4-28)6-16(21)19(12)17-7-15-18(10-23-17)25-26-20(15)14-9-24-27(2)11-14/h5-7,9-11,22,28H,3-4,8H2,1-2H3,(H,25,26). The van der Waals surface area contributed by atoms with E-state index in [9.17, 15) is 4.39 Å². The molecule has 0 radical (unpaired) electrons. The molecule has 0 aliphatic carbocycles. The molecule has 7 nitrogen and oxygen atoms in total. The Morgan fingerprint density at radius 3 is 2.82 bits per heavy atom. The van der Waals surface area contributed by atoms with Gasteiger partial charge in [0.2, 0.25) is 0 Å². The van der Waals surface area contributed by atoms with Crippen molar-refractivity contribution in [1.29, 1.82) is 0 Å². The number of fused-ring (bicyclic) bond motifs is 1. The lowest BCUT2D eigenvalue weighted by Gasteiger charge is -2.11. The zero-order chi connectivity index (χ0) is 19.7. The molecule has 0 fully saturated rings. The first-order valence-electron chi connectivity index (χ1n) is 9.01. The Kier molecular flexibility index (Phi) is 4.89. The van der Waals surface area contributed by atoms with Crippen LogP contribution in [0.4, 0.5) is 4.39 Å². The van der Waals surface area contributed by atoms with Crippen LogP contribution in [0.5, 0.6) is 0 Å². The molecule has 3 N–H and O–H groups in total. The number of aliphatic hydroxyl groups excluding tert-OH is 1. The number of hydrogen-bond acceptors (Lipinski definition) is 5. The second kappa shape index (κ2) is 7.49. The van der Waals surface area contributed by atoms with Crippen LogP contribution in [0.1, 0.15) is 11.1 Å². The van der Waals surface area contributed by atoms with E-state index in [0.717, 1.165) is 33.3 Å². The highest BCUT2D eigenvalue weighted by atomic mass is 19.1. The minimum Gasteiger partial charge on any atom is -0.395 e. The number of aromatic amines is 1. The van der Waals surface area contributed by atoms with Crippen molar-refractivity contribution in [1.82, 2.24) is 30.3 Å². The molecule has 0 saturated heterocycles. The van der Waals surface area contributed by atoms with E-state index in [2.05, 4.69) is 25.6 Å². The minimum atomic E-state index is -0.320. The van der Waals surface area contributed by atoms with Crippen molar-refractivity contribution in [3.8, 4) is 22.5 Å². The van der Waals surface area contributed by atoms with Crippen molar-refractivity contribution in [3.63, 3.8) is 0 Å². The molecule has 0 atom stereocenters. The Balaban J connectivity index is 1.75. The monoisotopic (exact) mass is 380 g/mol. The Morgan fingerprint density at radius 2 is 2.11 bits per heavy atom. The molecule has 28 heavy (non-hydrogen) atoms. The topological polar surface area (TPSA) is 91.6 Å². The van der Waals surface area contributed by atoms with E-state index < -0.39 is 0 Å². The van der Waals surface area contributed by atoms with E-state index in [1.807, 2.05) is 32.3 Å². The van der Waals surface area contributed by atoms with Gasteiger partial charge in [0.1, 0.15) is 11.5 Å². The fourth-order valence-corrected chi connectivity index (χ4v) is 3.37. The minimum absolute atomic E-state index is 0.0491. The Hall–Kier alpha value is -3.10. The van der Waals surface area contributed by atoms with Gasteiger partial charge in [0.15, 0.2) is 0 Å². The lowest BCUT2D eigenvalue weighted by molar-refractivity contribution is 0.292. The van der Waals surface area contributed by atoms with Gasteiger partial charge in [0.05, 0.1) is 30.2 Å². The van der Waals surface area contributed by atoms with Crippen LogP contribution in [0.2, 0.25) is 0 Å². The quantitative estimate of drug-likeness (QED) is 0.447. The SMILES string of the molecule is Cc1cc(CNCCO)cc(F)c1-c1cc2c(-c3cnn(C)c3)n[nH]c2cn1. The highest BCUT2D eigenvalue weighted by Crippen LogP contribution is 2.31. The van der Waals surface area contributed by atoms with Crippen LogP contribution in [0.15, 0.2) is 36.8 Å². The third-order valence-corrected chi connectivity index (χ3v) is 4.65. The van der Waals surface area contributed by atoms with Gasteiger partial charge in [-0.05, 0) is 30.2 Å². The molecule has 4 rings (SSSR count). The normalized spacial score (nSPS) is 11.4. The van der Waals surface area contributed by atoms with Gasteiger partial charge in [-0.3, -0.25) is 14.8 Å². The smallest absolute Gasteiger partial charge is 0.133 e. The van der Waals surface area contributed by atoms with E-state index in [-0.39, 0.29) is 12.4 Å². The molecule has 0 aliphatic rings. The third-order valence-electron chi connectivity index (χ3n) is 4.65. The highest BCUT2D eigenvalue weighted by molar-refractivity contribution is 5.94. The number of aromatic nitrogens is 5. The first-order chi connectivity index (χ1) is 13.6. The first-order valence-corrected chi connectivity index (χ1v) is 9.01. The van der Waals surface area contributed by atoms with Crippen molar-refractivity contribution < 1.29 is 9.50 Å². The number of hydrogen-bond donors (Lipinski definition) is 3. The maximum Gasteiger partial charge on any atom is 0.133 e. The molecule has 0 amide bonds. The van der Waals surface area contributed by atoms with E-state index in [0.29, 0.717) is 24.3 Å². The van der Waals surface area contributed by atoms with Crippen LogP contribution in [0, 0.1) is 12.7 Å². The molecule has 0 spiro atoms. The van der Waals surface area contributed by atoms with Gasteiger partial charge in [-0.1, -0.05) is 6.07 Å². The molecule has 144 valence electrons.